The molecule has 4 rings (SSSR count). The molecule has 4 heterocycles. The number of urea groups is 1. The van der Waals surface area contributed by atoms with E-state index in [0.29, 0.717) is 29.6 Å². The van der Waals surface area contributed by atoms with Crippen LogP contribution in [0, 0.1) is 0 Å². The van der Waals surface area contributed by atoms with E-state index in [1.165, 1.54) is 25.9 Å². The number of esters is 1. The highest BCUT2D eigenvalue weighted by Gasteiger charge is 2.37. The summed E-state index contributed by atoms with van der Waals surface area (Å²) in [7, 11) is 0. The van der Waals surface area contributed by atoms with Gasteiger partial charge in [0.15, 0.2) is 0 Å². The van der Waals surface area contributed by atoms with Gasteiger partial charge in [0, 0.05) is 24.8 Å². The van der Waals surface area contributed by atoms with Gasteiger partial charge in [0.2, 0.25) is 0 Å². The Morgan fingerprint density at radius 3 is 2.83 bits per heavy atom. The summed E-state index contributed by atoms with van der Waals surface area (Å²) in [4.78, 5) is 30.1. The number of hydrogen-bond acceptors (Lipinski definition) is 6. The maximum Gasteiger partial charge on any atom is 0.338 e. The molecule has 8 heteroatoms. The summed E-state index contributed by atoms with van der Waals surface area (Å²) in [5.41, 5.74) is 1.04. The first-order chi connectivity index (χ1) is 14.2. The van der Waals surface area contributed by atoms with E-state index in [1.54, 1.807) is 25.3 Å². The summed E-state index contributed by atoms with van der Waals surface area (Å²) in [6, 6.07) is 2.98. The Morgan fingerprint density at radius 1 is 1.28 bits per heavy atom. The fourth-order valence-corrected chi connectivity index (χ4v) is 4.64. The number of amides is 2. The fraction of sp³-hybridized carbons (Fsp3) is 0.619. The summed E-state index contributed by atoms with van der Waals surface area (Å²) in [6.45, 7) is 6.93. The van der Waals surface area contributed by atoms with Crippen LogP contribution in [0.2, 0.25) is 0 Å². The number of likely N-dealkylation sites (tertiary alicyclic amines) is 2. The van der Waals surface area contributed by atoms with Crippen LogP contribution >= 0.6 is 0 Å². The highest BCUT2D eigenvalue weighted by molar-refractivity contribution is 5.95. The second kappa shape index (κ2) is 9.00. The third-order valence-corrected chi connectivity index (χ3v) is 6.00. The van der Waals surface area contributed by atoms with Crippen molar-refractivity contribution >= 4 is 12.0 Å². The number of ether oxygens (including phenoxy) is 1. The molecule has 0 bridgehead atoms. The van der Waals surface area contributed by atoms with Gasteiger partial charge in [-0.1, -0.05) is 0 Å². The van der Waals surface area contributed by atoms with E-state index in [1.807, 2.05) is 0 Å². The predicted molar refractivity (Wildman–Crippen MR) is 107 cm³/mol. The summed E-state index contributed by atoms with van der Waals surface area (Å²) < 4.78 is 10.8. The number of nitrogens with one attached hydrogen (secondary N) is 2. The fourth-order valence-electron chi connectivity index (χ4n) is 4.64. The zero-order valence-corrected chi connectivity index (χ0v) is 17.0. The van der Waals surface area contributed by atoms with Crippen LogP contribution in [0.4, 0.5) is 4.79 Å². The summed E-state index contributed by atoms with van der Waals surface area (Å²) >= 11 is 0. The summed E-state index contributed by atoms with van der Waals surface area (Å²) in [6.07, 6.45) is 6.37. The second-order valence-electron chi connectivity index (χ2n) is 7.93. The van der Waals surface area contributed by atoms with Gasteiger partial charge >= 0.3 is 12.0 Å². The Labute approximate surface area is 171 Å². The number of hydrogen-bond donors (Lipinski definition) is 2. The number of carbonyl (C=O) groups excluding carboxylic acids is 2. The van der Waals surface area contributed by atoms with Gasteiger partial charge < -0.3 is 24.7 Å². The number of rotatable bonds is 7. The molecule has 158 valence electrons. The molecule has 3 aliphatic rings. The third-order valence-electron chi connectivity index (χ3n) is 6.00. The molecule has 0 radical (unpaired) electrons. The minimum atomic E-state index is -0.646. The molecule has 0 spiro atoms. The van der Waals surface area contributed by atoms with E-state index >= 15 is 0 Å². The van der Waals surface area contributed by atoms with E-state index in [2.05, 4.69) is 20.4 Å². The van der Waals surface area contributed by atoms with E-state index in [4.69, 9.17) is 9.15 Å². The topological polar surface area (TPSA) is 87.0 Å². The van der Waals surface area contributed by atoms with Gasteiger partial charge in [-0.3, -0.25) is 4.90 Å². The first-order valence-corrected chi connectivity index (χ1v) is 10.6. The quantitative estimate of drug-likeness (QED) is 0.679. The Kier molecular flexibility index (Phi) is 6.20. The van der Waals surface area contributed by atoms with Crippen LogP contribution in [0.25, 0.3) is 0 Å². The molecule has 0 aromatic carbocycles. The van der Waals surface area contributed by atoms with Crippen LogP contribution in [-0.2, 0) is 9.53 Å². The second-order valence-corrected chi connectivity index (χ2v) is 7.93. The van der Waals surface area contributed by atoms with Crippen LogP contribution in [-0.4, -0.2) is 67.2 Å². The lowest BCUT2D eigenvalue weighted by Crippen LogP contribution is -2.49. The van der Waals surface area contributed by atoms with Crippen molar-refractivity contribution in [3.8, 4) is 0 Å². The highest BCUT2D eigenvalue weighted by Crippen LogP contribution is 2.30. The largest absolute Gasteiger partial charge is 0.467 e. The molecule has 1 aromatic rings. The Morgan fingerprint density at radius 2 is 2.10 bits per heavy atom. The van der Waals surface area contributed by atoms with Crippen molar-refractivity contribution in [3.63, 3.8) is 0 Å². The van der Waals surface area contributed by atoms with Gasteiger partial charge in [-0.2, -0.15) is 0 Å². The first-order valence-electron chi connectivity index (χ1n) is 10.6. The molecule has 0 saturated carbocycles. The summed E-state index contributed by atoms with van der Waals surface area (Å²) in [5.74, 6) is 0.0992. The zero-order chi connectivity index (χ0) is 20.2. The molecule has 8 nitrogen and oxygen atoms in total. The minimum absolute atomic E-state index is 0.274. The van der Waals surface area contributed by atoms with Crippen molar-refractivity contribution in [1.82, 2.24) is 20.4 Å². The van der Waals surface area contributed by atoms with Gasteiger partial charge in [-0.15, -0.1) is 0 Å². The molecule has 3 aliphatic heterocycles. The molecule has 0 aliphatic carbocycles. The summed E-state index contributed by atoms with van der Waals surface area (Å²) in [5, 5.41) is 5.67. The lowest BCUT2D eigenvalue weighted by Gasteiger charge is -2.33. The molecule has 2 fully saturated rings. The maximum absolute atomic E-state index is 12.8. The Hall–Kier alpha value is -2.32. The molecule has 2 N–H and O–H groups in total. The van der Waals surface area contributed by atoms with E-state index in [9.17, 15) is 9.59 Å². The van der Waals surface area contributed by atoms with Crippen molar-refractivity contribution in [2.75, 3.05) is 39.3 Å². The molecule has 2 unspecified atom stereocenters. The van der Waals surface area contributed by atoms with E-state index < -0.39 is 12.0 Å². The van der Waals surface area contributed by atoms with Crippen molar-refractivity contribution < 1.29 is 18.7 Å². The molecular formula is C21H30N4O4. The van der Waals surface area contributed by atoms with Crippen molar-refractivity contribution in [3.05, 3.63) is 35.4 Å². The molecular weight excluding hydrogens is 372 g/mol. The molecule has 2 amide bonds. The Balaban J connectivity index is 1.59. The average molecular weight is 402 g/mol. The maximum atomic E-state index is 12.8. The number of furan rings is 1. The van der Waals surface area contributed by atoms with Gasteiger partial charge in [0.1, 0.15) is 11.8 Å². The van der Waals surface area contributed by atoms with E-state index in [0.717, 1.165) is 25.9 Å². The highest BCUT2D eigenvalue weighted by atomic mass is 16.5. The Bertz CT molecular complexity index is 755. The smallest absolute Gasteiger partial charge is 0.338 e. The predicted octanol–water partition coefficient (Wildman–Crippen LogP) is 2.01. The van der Waals surface area contributed by atoms with Crippen molar-refractivity contribution in [2.24, 2.45) is 0 Å². The molecule has 2 saturated heterocycles. The normalized spacial score (nSPS) is 25.9. The van der Waals surface area contributed by atoms with Crippen LogP contribution in [0.5, 0.6) is 0 Å². The van der Waals surface area contributed by atoms with Gasteiger partial charge in [0.25, 0.3) is 0 Å². The number of nitrogens with zero attached hydrogens (tertiary/aromatic N) is 2. The minimum Gasteiger partial charge on any atom is -0.467 e. The molecule has 29 heavy (non-hydrogen) atoms. The lowest BCUT2D eigenvalue weighted by atomic mass is 9.99. The van der Waals surface area contributed by atoms with Crippen molar-refractivity contribution in [2.45, 2.75) is 44.7 Å². The van der Waals surface area contributed by atoms with Crippen LogP contribution < -0.4 is 10.6 Å². The van der Waals surface area contributed by atoms with E-state index in [-0.39, 0.29) is 12.6 Å². The third kappa shape index (κ3) is 4.48. The van der Waals surface area contributed by atoms with Crippen LogP contribution in [0.3, 0.4) is 0 Å². The average Bonchev–Trinajstić information content (AvgIpc) is 3.45. The molecule has 2 atom stereocenters. The number of carbonyl (C=O) groups is 2. The van der Waals surface area contributed by atoms with Gasteiger partial charge in [0.05, 0.1) is 18.4 Å². The van der Waals surface area contributed by atoms with Gasteiger partial charge in [-0.05, 0) is 64.4 Å². The monoisotopic (exact) mass is 402 g/mol. The first kappa shape index (κ1) is 20.0. The van der Waals surface area contributed by atoms with Crippen molar-refractivity contribution in [1.29, 1.82) is 0 Å². The standard InChI is InChI=1S/C21H30N4O4/c1-2-28-20(26)18-16(22-21(27)23-19(18)17-8-6-12-29-17)14-25-11-5-7-15(25)13-24-9-3-4-10-24/h6,8,12,15,19H,2-5,7,9-11,13-14H2,1H3,(H2,22,23,27). The SMILES string of the molecule is CCOC(=O)C1=C(CN2CCCC2CN2CCCC2)NC(=O)NC1c1ccco1. The van der Waals surface area contributed by atoms with Crippen LogP contribution in [0.15, 0.2) is 34.1 Å². The zero-order valence-electron chi connectivity index (χ0n) is 17.0. The van der Waals surface area contributed by atoms with Crippen LogP contribution in [0.1, 0.15) is 44.4 Å². The molecule has 1 aromatic heterocycles. The van der Waals surface area contributed by atoms with Gasteiger partial charge in [-0.25, -0.2) is 9.59 Å². The lowest BCUT2D eigenvalue weighted by molar-refractivity contribution is -0.139.